The molecule has 0 aliphatic heterocycles. The Labute approximate surface area is 197 Å². The highest BCUT2D eigenvalue weighted by Gasteiger charge is 2.06. The fourth-order valence-electron chi connectivity index (χ4n) is 2.72. The van der Waals surface area contributed by atoms with Gasteiger partial charge in [-0.3, -0.25) is 14.6 Å². The standard InChI is InChI=1S/C20H25N5O3S.2ClH/c1-25(2)12-16-4-5-17(28-16)13-29-8-7-21-20-23-11-15(19(27)24-20)9-14-3-6-18(26)22-10-14;;/h3-6,10-11H,7-9,12-13H2,1-2H3,(H,22,26)(H2,21,23,24,27);2*1H. The lowest BCUT2D eigenvalue weighted by atomic mass is 10.1. The number of anilines is 1. The van der Waals surface area contributed by atoms with Crippen molar-refractivity contribution in [2.75, 3.05) is 31.7 Å². The number of H-pyrrole nitrogens is 2. The maximum atomic E-state index is 12.2. The van der Waals surface area contributed by atoms with E-state index in [9.17, 15) is 9.59 Å². The van der Waals surface area contributed by atoms with E-state index in [1.165, 1.54) is 6.07 Å². The van der Waals surface area contributed by atoms with Gasteiger partial charge >= 0.3 is 0 Å². The monoisotopic (exact) mass is 487 g/mol. The molecular weight excluding hydrogens is 461 g/mol. The Morgan fingerprint density at radius 1 is 1.13 bits per heavy atom. The van der Waals surface area contributed by atoms with E-state index < -0.39 is 0 Å². The van der Waals surface area contributed by atoms with Gasteiger partial charge in [-0.1, -0.05) is 6.07 Å². The first-order chi connectivity index (χ1) is 14.0. The van der Waals surface area contributed by atoms with Gasteiger partial charge in [0.25, 0.3) is 5.56 Å². The van der Waals surface area contributed by atoms with E-state index in [-0.39, 0.29) is 35.9 Å². The average Bonchev–Trinajstić information content (AvgIpc) is 3.12. The second-order valence-electron chi connectivity index (χ2n) is 6.91. The Balaban J connectivity index is 0.00000240. The second kappa shape index (κ2) is 13.3. The van der Waals surface area contributed by atoms with Crippen molar-refractivity contribution in [3.63, 3.8) is 0 Å². The molecule has 0 unspecified atom stereocenters. The molecule has 3 aromatic rings. The van der Waals surface area contributed by atoms with Crippen molar-refractivity contribution < 1.29 is 4.42 Å². The topological polar surface area (TPSA) is 107 Å². The van der Waals surface area contributed by atoms with Crippen molar-refractivity contribution in [1.29, 1.82) is 0 Å². The molecule has 3 aromatic heterocycles. The Kier molecular flexibility index (Phi) is 11.5. The van der Waals surface area contributed by atoms with Gasteiger partial charge in [-0.2, -0.15) is 11.8 Å². The third kappa shape index (κ3) is 8.82. The highest BCUT2D eigenvalue weighted by molar-refractivity contribution is 7.98. The minimum Gasteiger partial charge on any atom is -0.464 e. The zero-order chi connectivity index (χ0) is 20.6. The van der Waals surface area contributed by atoms with E-state index >= 15 is 0 Å². The molecule has 0 saturated heterocycles. The SMILES string of the molecule is CN(C)Cc1ccc(CSCCNc2ncc(Cc3ccc(=O)[nH]c3)c(=O)[nH]2)o1.Cl.Cl. The van der Waals surface area contributed by atoms with E-state index in [1.54, 1.807) is 30.2 Å². The Hall–Kier alpha value is -2.20. The van der Waals surface area contributed by atoms with E-state index in [0.29, 0.717) is 24.5 Å². The Bertz CT molecular complexity index is 1030. The molecule has 0 aromatic carbocycles. The molecule has 0 aliphatic carbocycles. The number of hydrogen-bond acceptors (Lipinski definition) is 7. The number of aromatic amines is 2. The molecule has 0 fully saturated rings. The van der Waals surface area contributed by atoms with Crippen molar-refractivity contribution in [2.45, 2.75) is 18.7 Å². The number of nitrogens with one attached hydrogen (secondary N) is 3. The van der Waals surface area contributed by atoms with Crippen molar-refractivity contribution >= 4 is 42.5 Å². The molecule has 170 valence electrons. The summed E-state index contributed by atoms with van der Waals surface area (Å²) < 4.78 is 5.78. The predicted molar refractivity (Wildman–Crippen MR) is 130 cm³/mol. The lowest BCUT2D eigenvalue weighted by molar-refractivity contribution is 0.344. The molecule has 0 amide bonds. The van der Waals surface area contributed by atoms with Crippen LogP contribution >= 0.6 is 36.6 Å². The van der Waals surface area contributed by atoms with E-state index in [4.69, 9.17) is 4.42 Å². The molecule has 11 heteroatoms. The second-order valence-corrected chi connectivity index (χ2v) is 8.01. The molecule has 31 heavy (non-hydrogen) atoms. The van der Waals surface area contributed by atoms with Gasteiger partial charge in [0.2, 0.25) is 11.5 Å². The summed E-state index contributed by atoms with van der Waals surface area (Å²) in [5.41, 5.74) is 1.04. The summed E-state index contributed by atoms with van der Waals surface area (Å²) in [6.45, 7) is 1.47. The summed E-state index contributed by atoms with van der Waals surface area (Å²) in [4.78, 5) is 35.0. The van der Waals surface area contributed by atoms with Gasteiger partial charge in [0.05, 0.1) is 12.3 Å². The first-order valence-corrected chi connectivity index (χ1v) is 10.4. The zero-order valence-corrected chi connectivity index (χ0v) is 19.8. The van der Waals surface area contributed by atoms with E-state index in [1.807, 2.05) is 26.2 Å². The zero-order valence-electron chi connectivity index (χ0n) is 17.3. The number of aromatic nitrogens is 3. The van der Waals surface area contributed by atoms with Crippen LogP contribution in [0.1, 0.15) is 22.6 Å². The molecule has 0 spiro atoms. The van der Waals surface area contributed by atoms with Crippen LogP contribution in [-0.4, -0.2) is 46.2 Å². The third-order valence-electron chi connectivity index (χ3n) is 4.09. The number of nitrogens with zero attached hydrogens (tertiary/aromatic N) is 2. The molecule has 3 N–H and O–H groups in total. The van der Waals surface area contributed by atoms with Crippen molar-refractivity contribution in [1.82, 2.24) is 19.9 Å². The lowest BCUT2D eigenvalue weighted by Gasteiger charge is -2.07. The molecular formula is C20H27Cl2N5O3S. The molecule has 0 aliphatic rings. The summed E-state index contributed by atoms with van der Waals surface area (Å²) in [7, 11) is 4.02. The first kappa shape index (κ1) is 26.8. The van der Waals surface area contributed by atoms with Gasteiger partial charge in [-0.15, -0.1) is 24.8 Å². The van der Waals surface area contributed by atoms with Gasteiger partial charge in [0, 0.05) is 42.7 Å². The van der Waals surface area contributed by atoms with Crippen LogP contribution in [0.25, 0.3) is 0 Å². The summed E-state index contributed by atoms with van der Waals surface area (Å²) in [5, 5.41) is 3.13. The van der Waals surface area contributed by atoms with Gasteiger partial charge in [-0.25, -0.2) is 4.98 Å². The van der Waals surface area contributed by atoms with Crippen LogP contribution in [0.2, 0.25) is 0 Å². The van der Waals surface area contributed by atoms with Gasteiger partial charge < -0.3 is 19.6 Å². The quantitative estimate of drug-likeness (QED) is 0.377. The summed E-state index contributed by atoms with van der Waals surface area (Å²) in [6.07, 6.45) is 3.58. The maximum absolute atomic E-state index is 12.2. The van der Waals surface area contributed by atoms with Crippen LogP contribution in [-0.2, 0) is 18.7 Å². The van der Waals surface area contributed by atoms with Gasteiger partial charge in [0.1, 0.15) is 11.5 Å². The fourth-order valence-corrected chi connectivity index (χ4v) is 3.47. The lowest BCUT2D eigenvalue weighted by Crippen LogP contribution is -2.18. The normalized spacial score (nSPS) is 10.4. The average molecular weight is 488 g/mol. The highest BCUT2D eigenvalue weighted by atomic mass is 35.5. The Morgan fingerprint density at radius 3 is 2.58 bits per heavy atom. The Morgan fingerprint density at radius 2 is 1.90 bits per heavy atom. The maximum Gasteiger partial charge on any atom is 0.255 e. The smallest absolute Gasteiger partial charge is 0.255 e. The fraction of sp³-hybridized carbons (Fsp3) is 0.350. The molecule has 8 nitrogen and oxygen atoms in total. The number of halogens is 2. The molecule has 3 rings (SSSR count). The first-order valence-electron chi connectivity index (χ1n) is 9.29. The number of pyridine rings is 1. The van der Waals surface area contributed by atoms with E-state index in [2.05, 4.69) is 25.2 Å². The highest BCUT2D eigenvalue weighted by Crippen LogP contribution is 2.16. The number of hydrogen-bond donors (Lipinski definition) is 3. The third-order valence-corrected chi connectivity index (χ3v) is 5.07. The predicted octanol–water partition coefficient (Wildman–Crippen LogP) is 2.89. The molecule has 3 heterocycles. The van der Waals surface area contributed by atoms with Crippen LogP contribution in [0, 0.1) is 0 Å². The van der Waals surface area contributed by atoms with E-state index in [0.717, 1.165) is 35.1 Å². The minimum absolute atomic E-state index is 0. The van der Waals surface area contributed by atoms with Crippen LogP contribution in [0.3, 0.4) is 0 Å². The molecule has 0 atom stereocenters. The van der Waals surface area contributed by atoms with Crippen LogP contribution in [0.4, 0.5) is 5.95 Å². The number of rotatable bonds is 10. The van der Waals surface area contributed by atoms with Crippen LogP contribution in [0.15, 0.2) is 50.7 Å². The van der Waals surface area contributed by atoms with Crippen molar-refractivity contribution in [2.24, 2.45) is 0 Å². The minimum atomic E-state index is -0.189. The van der Waals surface area contributed by atoms with Crippen molar-refractivity contribution in [3.8, 4) is 0 Å². The molecule has 0 bridgehead atoms. The van der Waals surface area contributed by atoms with Gasteiger partial charge in [-0.05, 0) is 31.8 Å². The van der Waals surface area contributed by atoms with Gasteiger partial charge in [0.15, 0.2) is 0 Å². The largest absolute Gasteiger partial charge is 0.464 e. The van der Waals surface area contributed by atoms with Crippen molar-refractivity contribution in [3.05, 3.63) is 80.0 Å². The number of thioether (sulfide) groups is 1. The molecule has 0 radical (unpaired) electrons. The molecule has 0 saturated carbocycles. The number of furan rings is 1. The summed E-state index contributed by atoms with van der Waals surface area (Å²) in [5.74, 6) is 4.04. The van der Waals surface area contributed by atoms with Crippen LogP contribution < -0.4 is 16.4 Å². The van der Waals surface area contributed by atoms with Crippen LogP contribution in [0.5, 0.6) is 0 Å². The summed E-state index contributed by atoms with van der Waals surface area (Å²) in [6, 6.07) is 7.16. The summed E-state index contributed by atoms with van der Waals surface area (Å²) >= 11 is 1.75.